The SMILES string of the molecule is NC1CCCCC1NC(=O)c1ccc(CN2CCN(c3ccccc3F)CC2)c(NC(=O)Cc2ccccc2)c1. The van der Waals surface area contributed by atoms with Gasteiger partial charge in [-0.05, 0) is 48.2 Å². The monoisotopic (exact) mass is 543 g/mol. The van der Waals surface area contributed by atoms with E-state index in [-0.39, 0.29) is 36.1 Å². The predicted octanol–water partition coefficient (Wildman–Crippen LogP) is 4.33. The summed E-state index contributed by atoms with van der Waals surface area (Å²) in [6.07, 6.45) is 4.19. The molecule has 1 aliphatic carbocycles. The standard InChI is InChI=1S/C32H38FN5O2/c33-26-10-4-7-13-30(26)38-18-16-37(17-19-38)22-25-15-14-24(32(40)36-28-12-6-5-11-27(28)34)21-29(25)35-31(39)20-23-8-2-1-3-9-23/h1-4,7-10,13-15,21,27-28H,5-6,11-12,16-20,22,34H2,(H,35,39)(H,36,40). The molecule has 5 rings (SSSR count). The highest BCUT2D eigenvalue weighted by Gasteiger charge is 2.25. The molecule has 2 unspecified atom stereocenters. The van der Waals surface area contributed by atoms with E-state index in [0.29, 0.717) is 36.6 Å². The summed E-state index contributed by atoms with van der Waals surface area (Å²) in [5.74, 6) is -0.517. The number of amides is 2. The molecule has 1 saturated heterocycles. The number of nitrogens with one attached hydrogen (secondary N) is 2. The van der Waals surface area contributed by atoms with Gasteiger partial charge in [0.05, 0.1) is 12.1 Å². The lowest BCUT2D eigenvalue weighted by Crippen LogP contribution is -2.49. The Morgan fingerprint density at radius 3 is 2.38 bits per heavy atom. The van der Waals surface area contributed by atoms with E-state index >= 15 is 0 Å². The van der Waals surface area contributed by atoms with Crippen molar-refractivity contribution in [2.24, 2.45) is 5.73 Å². The van der Waals surface area contributed by atoms with Crippen molar-refractivity contribution in [2.75, 3.05) is 36.4 Å². The normalized spacial score (nSPS) is 19.7. The van der Waals surface area contributed by atoms with Gasteiger partial charge in [-0.2, -0.15) is 0 Å². The molecule has 40 heavy (non-hydrogen) atoms. The third kappa shape index (κ3) is 7.06. The number of para-hydroxylation sites is 1. The topological polar surface area (TPSA) is 90.7 Å². The van der Waals surface area contributed by atoms with Crippen LogP contribution in [0.1, 0.15) is 47.2 Å². The van der Waals surface area contributed by atoms with Gasteiger partial charge in [0.1, 0.15) is 5.82 Å². The Kier molecular flexibility index (Phi) is 9.08. The Balaban J connectivity index is 1.29. The number of anilines is 2. The minimum absolute atomic E-state index is 0.0370. The second kappa shape index (κ2) is 13.1. The van der Waals surface area contributed by atoms with Gasteiger partial charge in [-0.1, -0.05) is 61.4 Å². The van der Waals surface area contributed by atoms with Crippen LogP contribution in [0.15, 0.2) is 72.8 Å². The first-order valence-corrected chi connectivity index (χ1v) is 14.2. The van der Waals surface area contributed by atoms with Gasteiger partial charge in [0, 0.05) is 56.1 Å². The second-order valence-electron chi connectivity index (χ2n) is 10.8. The predicted molar refractivity (Wildman–Crippen MR) is 157 cm³/mol. The fraction of sp³-hybridized carbons (Fsp3) is 0.375. The van der Waals surface area contributed by atoms with E-state index in [1.807, 2.05) is 54.6 Å². The molecule has 0 aromatic heterocycles. The first-order valence-electron chi connectivity index (χ1n) is 14.2. The van der Waals surface area contributed by atoms with Gasteiger partial charge >= 0.3 is 0 Å². The van der Waals surface area contributed by atoms with Gasteiger partial charge in [-0.3, -0.25) is 14.5 Å². The third-order valence-electron chi connectivity index (χ3n) is 7.95. The molecule has 0 spiro atoms. The van der Waals surface area contributed by atoms with Crippen LogP contribution in [0.3, 0.4) is 0 Å². The molecule has 3 aromatic rings. The average Bonchev–Trinajstić information content (AvgIpc) is 2.96. The average molecular weight is 544 g/mol. The summed E-state index contributed by atoms with van der Waals surface area (Å²) in [6.45, 7) is 3.54. The Hall–Kier alpha value is -3.75. The Morgan fingerprint density at radius 1 is 0.900 bits per heavy atom. The van der Waals surface area contributed by atoms with Gasteiger partial charge in [0.15, 0.2) is 0 Å². The lowest BCUT2D eigenvalue weighted by atomic mass is 9.91. The second-order valence-corrected chi connectivity index (χ2v) is 10.8. The third-order valence-corrected chi connectivity index (χ3v) is 7.95. The maximum Gasteiger partial charge on any atom is 0.251 e. The zero-order valence-corrected chi connectivity index (χ0v) is 22.8. The zero-order valence-electron chi connectivity index (χ0n) is 22.8. The van der Waals surface area contributed by atoms with Crippen LogP contribution in [0.25, 0.3) is 0 Å². The molecule has 210 valence electrons. The van der Waals surface area contributed by atoms with Gasteiger partial charge < -0.3 is 21.3 Å². The van der Waals surface area contributed by atoms with Crippen LogP contribution in [0.4, 0.5) is 15.8 Å². The van der Waals surface area contributed by atoms with E-state index in [1.54, 1.807) is 12.1 Å². The first-order chi connectivity index (χ1) is 19.5. The molecule has 2 aliphatic rings. The van der Waals surface area contributed by atoms with E-state index < -0.39 is 0 Å². The lowest BCUT2D eigenvalue weighted by molar-refractivity contribution is -0.115. The van der Waals surface area contributed by atoms with Gasteiger partial charge in [0.2, 0.25) is 5.91 Å². The minimum atomic E-state index is -0.206. The van der Waals surface area contributed by atoms with Gasteiger partial charge in [-0.25, -0.2) is 4.39 Å². The first kappa shape index (κ1) is 27.8. The Morgan fingerprint density at radius 2 is 1.62 bits per heavy atom. The number of hydrogen-bond donors (Lipinski definition) is 3. The summed E-state index contributed by atoms with van der Waals surface area (Å²) >= 11 is 0. The van der Waals surface area contributed by atoms with Crippen LogP contribution in [0.2, 0.25) is 0 Å². The molecular weight excluding hydrogens is 505 g/mol. The van der Waals surface area contributed by atoms with E-state index in [9.17, 15) is 14.0 Å². The highest BCUT2D eigenvalue weighted by atomic mass is 19.1. The fourth-order valence-corrected chi connectivity index (χ4v) is 5.63. The highest BCUT2D eigenvalue weighted by Crippen LogP contribution is 2.25. The molecular formula is C32H38FN5O2. The van der Waals surface area contributed by atoms with Crippen molar-refractivity contribution >= 4 is 23.2 Å². The van der Waals surface area contributed by atoms with Crippen molar-refractivity contribution in [1.29, 1.82) is 0 Å². The number of hydrogen-bond acceptors (Lipinski definition) is 5. The maximum atomic E-state index is 14.3. The highest BCUT2D eigenvalue weighted by molar-refractivity contribution is 5.98. The molecule has 2 amide bonds. The van der Waals surface area contributed by atoms with Gasteiger partial charge in [0.25, 0.3) is 5.91 Å². The summed E-state index contributed by atoms with van der Waals surface area (Å²) in [4.78, 5) is 30.5. The van der Waals surface area contributed by atoms with Crippen LogP contribution < -0.4 is 21.3 Å². The smallest absolute Gasteiger partial charge is 0.251 e. The maximum absolute atomic E-state index is 14.3. The van der Waals surface area contributed by atoms with E-state index in [0.717, 1.165) is 49.9 Å². The van der Waals surface area contributed by atoms with Crippen LogP contribution in [-0.2, 0) is 17.8 Å². The molecule has 3 aromatic carbocycles. The van der Waals surface area contributed by atoms with Crippen molar-refractivity contribution in [2.45, 2.75) is 50.7 Å². The fourth-order valence-electron chi connectivity index (χ4n) is 5.63. The quantitative estimate of drug-likeness (QED) is 0.394. The van der Waals surface area contributed by atoms with Crippen molar-refractivity contribution in [3.05, 3.63) is 95.3 Å². The molecule has 7 nitrogen and oxygen atoms in total. The number of carbonyl (C=O) groups excluding carboxylic acids is 2. The molecule has 2 atom stereocenters. The molecule has 2 fully saturated rings. The van der Waals surface area contributed by atoms with E-state index in [4.69, 9.17) is 5.73 Å². The van der Waals surface area contributed by atoms with Crippen molar-refractivity contribution in [3.8, 4) is 0 Å². The zero-order chi connectivity index (χ0) is 27.9. The summed E-state index contributed by atoms with van der Waals surface area (Å²) in [6, 6.07) is 21.9. The number of rotatable bonds is 8. The molecule has 1 aliphatic heterocycles. The summed E-state index contributed by atoms with van der Waals surface area (Å²) in [5.41, 5.74) is 9.88. The van der Waals surface area contributed by atoms with Crippen LogP contribution in [0.5, 0.6) is 0 Å². The molecule has 8 heteroatoms. The van der Waals surface area contributed by atoms with Crippen molar-refractivity contribution in [3.63, 3.8) is 0 Å². The molecule has 4 N–H and O–H groups in total. The van der Waals surface area contributed by atoms with Crippen molar-refractivity contribution in [1.82, 2.24) is 10.2 Å². The summed E-state index contributed by atoms with van der Waals surface area (Å²) < 4.78 is 14.3. The number of halogens is 1. The van der Waals surface area contributed by atoms with Crippen LogP contribution in [-0.4, -0.2) is 55.0 Å². The van der Waals surface area contributed by atoms with E-state index in [1.165, 1.54) is 6.07 Å². The number of benzene rings is 3. The largest absolute Gasteiger partial charge is 0.367 e. The molecule has 1 saturated carbocycles. The summed E-state index contributed by atoms with van der Waals surface area (Å²) in [7, 11) is 0. The Labute approximate surface area is 235 Å². The van der Waals surface area contributed by atoms with Crippen molar-refractivity contribution < 1.29 is 14.0 Å². The summed E-state index contributed by atoms with van der Waals surface area (Å²) in [5, 5.41) is 6.18. The number of piperazine rings is 1. The molecule has 1 heterocycles. The molecule has 0 radical (unpaired) electrons. The number of nitrogens with zero attached hydrogens (tertiary/aromatic N) is 2. The van der Waals surface area contributed by atoms with Gasteiger partial charge in [-0.15, -0.1) is 0 Å². The Bertz CT molecular complexity index is 1310. The van der Waals surface area contributed by atoms with Crippen LogP contribution >= 0.6 is 0 Å². The minimum Gasteiger partial charge on any atom is -0.367 e. The number of nitrogens with two attached hydrogens (primary N) is 1. The lowest BCUT2D eigenvalue weighted by Gasteiger charge is -2.36. The molecule has 0 bridgehead atoms. The van der Waals surface area contributed by atoms with Crippen LogP contribution in [0, 0.1) is 5.82 Å². The van der Waals surface area contributed by atoms with E-state index in [2.05, 4.69) is 20.4 Å². The number of carbonyl (C=O) groups is 2.